The maximum Gasteiger partial charge on any atom is 0.131 e. The van der Waals surface area contributed by atoms with Gasteiger partial charge in [0.05, 0.1) is 0 Å². The average molecular weight is 235 g/mol. The van der Waals surface area contributed by atoms with Crippen LogP contribution in [0.15, 0.2) is 42.5 Å². The van der Waals surface area contributed by atoms with Crippen molar-refractivity contribution in [1.29, 1.82) is 0 Å². The van der Waals surface area contributed by atoms with Crippen LogP contribution in [-0.4, -0.2) is 4.55 Å². The number of rotatable bonds is 1. The SMILES string of the molecule is Cc1ccc(-c2cc[c]cc2)c(F)c1.OS. The molecule has 0 aromatic heterocycles. The molecule has 1 radical (unpaired) electrons. The molecule has 1 N–H and O–H groups in total. The Morgan fingerprint density at radius 2 is 1.75 bits per heavy atom. The molecule has 0 aliphatic carbocycles. The van der Waals surface area contributed by atoms with Crippen molar-refractivity contribution in [2.24, 2.45) is 0 Å². The summed E-state index contributed by atoms with van der Waals surface area (Å²) in [5.41, 5.74) is 2.47. The third-order valence-electron chi connectivity index (χ3n) is 2.15. The summed E-state index contributed by atoms with van der Waals surface area (Å²) in [5, 5.41) is 0. The molecule has 2 aromatic rings. The average Bonchev–Trinajstić information content (AvgIpc) is 2.33. The van der Waals surface area contributed by atoms with Crippen LogP contribution in [0.5, 0.6) is 0 Å². The van der Waals surface area contributed by atoms with E-state index in [0.717, 1.165) is 11.1 Å². The van der Waals surface area contributed by atoms with Crippen molar-refractivity contribution >= 4 is 12.9 Å². The third-order valence-corrected chi connectivity index (χ3v) is 2.15. The van der Waals surface area contributed by atoms with E-state index in [1.54, 1.807) is 24.3 Å². The maximum atomic E-state index is 13.5. The molecule has 0 unspecified atom stereocenters. The summed E-state index contributed by atoms with van der Waals surface area (Å²) in [7, 11) is 0. The molecule has 0 fully saturated rings. The molecule has 1 nitrogen and oxygen atoms in total. The van der Waals surface area contributed by atoms with Gasteiger partial charge in [0.15, 0.2) is 0 Å². The van der Waals surface area contributed by atoms with Gasteiger partial charge in [0.1, 0.15) is 5.82 Å². The molecule has 0 bridgehead atoms. The van der Waals surface area contributed by atoms with Crippen molar-refractivity contribution in [3.05, 3.63) is 59.9 Å². The van der Waals surface area contributed by atoms with Crippen LogP contribution >= 0.6 is 12.9 Å². The zero-order valence-electron chi connectivity index (χ0n) is 8.81. The molecule has 0 saturated heterocycles. The van der Waals surface area contributed by atoms with E-state index in [1.807, 2.05) is 25.1 Å². The number of thiol groups is 1. The first-order chi connectivity index (χ1) is 7.77. The number of hydrogen-bond donors (Lipinski definition) is 2. The molecule has 0 spiro atoms. The highest BCUT2D eigenvalue weighted by atomic mass is 32.1. The van der Waals surface area contributed by atoms with Gasteiger partial charge in [-0.05, 0) is 43.1 Å². The lowest BCUT2D eigenvalue weighted by molar-refractivity contribution is 0.630. The molecule has 0 atom stereocenters. The molecular formula is C13H12FOS. The molecule has 0 aliphatic rings. The zero-order valence-corrected chi connectivity index (χ0v) is 9.71. The van der Waals surface area contributed by atoms with Crippen LogP contribution in [0.2, 0.25) is 0 Å². The van der Waals surface area contributed by atoms with Gasteiger partial charge in [0.2, 0.25) is 0 Å². The standard InChI is InChI=1S/C13H10F.H2OS/c1-10-7-8-12(13(14)9-10)11-5-3-2-4-6-11;1-2/h3-9H,1H3;1-2H. The van der Waals surface area contributed by atoms with E-state index in [4.69, 9.17) is 4.55 Å². The molecule has 0 amide bonds. The Balaban J connectivity index is 0.000000606. The highest BCUT2D eigenvalue weighted by Crippen LogP contribution is 2.22. The first kappa shape index (κ1) is 12.7. The van der Waals surface area contributed by atoms with Gasteiger partial charge in [-0.3, -0.25) is 0 Å². The Kier molecular flexibility index (Phi) is 5.02. The molecular weight excluding hydrogens is 223 g/mol. The van der Waals surface area contributed by atoms with Crippen molar-refractivity contribution < 1.29 is 8.94 Å². The summed E-state index contributed by atoms with van der Waals surface area (Å²) in [5.74, 6) is -0.170. The molecule has 2 aromatic carbocycles. The minimum absolute atomic E-state index is 0.170. The van der Waals surface area contributed by atoms with E-state index in [-0.39, 0.29) is 5.82 Å². The highest BCUT2D eigenvalue weighted by Gasteiger charge is 2.03. The molecule has 0 aliphatic heterocycles. The lowest BCUT2D eigenvalue weighted by Gasteiger charge is -2.03. The summed E-state index contributed by atoms with van der Waals surface area (Å²) in [6.07, 6.45) is 0. The lowest BCUT2D eigenvalue weighted by atomic mass is 10.0. The number of aryl methyl sites for hydroxylation is 1. The third kappa shape index (κ3) is 3.08. The van der Waals surface area contributed by atoms with E-state index < -0.39 is 0 Å². The van der Waals surface area contributed by atoms with Crippen LogP contribution in [0.3, 0.4) is 0 Å². The second kappa shape index (κ2) is 6.30. The zero-order chi connectivity index (χ0) is 12.0. The fourth-order valence-corrected chi connectivity index (χ4v) is 1.42. The Labute approximate surface area is 100 Å². The van der Waals surface area contributed by atoms with Crippen molar-refractivity contribution in [2.75, 3.05) is 0 Å². The summed E-state index contributed by atoms with van der Waals surface area (Å²) in [6.45, 7) is 1.88. The van der Waals surface area contributed by atoms with Crippen LogP contribution in [0, 0.1) is 18.8 Å². The maximum absolute atomic E-state index is 13.5. The van der Waals surface area contributed by atoms with E-state index in [1.165, 1.54) is 0 Å². The van der Waals surface area contributed by atoms with Crippen LogP contribution in [-0.2, 0) is 0 Å². The second-order valence-corrected chi connectivity index (χ2v) is 3.27. The fourth-order valence-electron chi connectivity index (χ4n) is 1.42. The van der Waals surface area contributed by atoms with E-state index >= 15 is 0 Å². The monoisotopic (exact) mass is 235 g/mol. The first-order valence-corrected chi connectivity index (χ1v) is 5.10. The van der Waals surface area contributed by atoms with Crippen molar-refractivity contribution in [3.8, 4) is 11.1 Å². The van der Waals surface area contributed by atoms with Gasteiger partial charge in [-0.25, -0.2) is 4.39 Å². The summed E-state index contributed by atoms with van der Waals surface area (Å²) >= 11 is 2.53. The van der Waals surface area contributed by atoms with Crippen LogP contribution in [0.1, 0.15) is 5.56 Å². The van der Waals surface area contributed by atoms with E-state index in [9.17, 15) is 4.39 Å². The largest absolute Gasteiger partial charge is 0.333 e. The molecule has 16 heavy (non-hydrogen) atoms. The quantitative estimate of drug-likeness (QED) is 0.565. The molecule has 0 heterocycles. The topological polar surface area (TPSA) is 20.2 Å². The molecule has 0 saturated carbocycles. The minimum atomic E-state index is -0.170. The number of hydrogen-bond acceptors (Lipinski definition) is 2. The van der Waals surface area contributed by atoms with Gasteiger partial charge in [-0.1, -0.05) is 36.4 Å². The highest BCUT2D eigenvalue weighted by molar-refractivity contribution is 7.74. The normalized spacial score (nSPS) is 9.25. The number of halogens is 1. The Bertz CT molecular complexity index is 443. The molecule has 3 heteroatoms. The Hall–Kier alpha value is -1.32. The van der Waals surface area contributed by atoms with Crippen LogP contribution in [0.25, 0.3) is 11.1 Å². The van der Waals surface area contributed by atoms with E-state index in [0.29, 0.717) is 5.56 Å². The lowest BCUT2D eigenvalue weighted by Crippen LogP contribution is -1.84. The fraction of sp³-hybridized carbons (Fsp3) is 0.0769. The van der Waals surface area contributed by atoms with Gasteiger partial charge in [0.25, 0.3) is 0 Å². The van der Waals surface area contributed by atoms with Gasteiger partial charge < -0.3 is 4.55 Å². The number of benzene rings is 2. The van der Waals surface area contributed by atoms with Gasteiger partial charge in [0, 0.05) is 5.56 Å². The van der Waals surface area contributed by atoms with Gasteiger partial charge >= 0.3 is 0 Å². The van der Waals surface area contributed by atoms with Crippen molar-refractivity contribution in [2.45, 2.75) is 6.92 Å². The molecule has 83 valence electrons. The minimum Gasteiger partial charge on any atom is -0.333 e. The molecule has 2 rings (SSSR count). The smallest absolute Gasteiger partial charge is 0.131 e. The van der Waals surface area contributed by atoms with Gasteiger partial charge in [-0.2, -0.15) is 0 Å². The predicted molar refractivity (Wildman–Crippen MR) is 67.0 cm³/mol. The van der Waals surface area contributed by atoms with E-state index in [2.05, 4.69) is 19.0 Å². The van der Waals surface area contributed by atoms with Crippen molar-refractivity contribution in [3.63, 3.8) is 0 Å². The predicted octanol–water partition coefficient (Wildman–Crippen LogP) is 3.99. The summed E-state index contributed by atoms with van der Waals surface area (Å²) in [4.78, 5) is 0. The van der Waals surface area contributed by atoms with Crippen LogP contribution < -0.4 is 0 Å². The second-order valence-electron chi connectivity index (χ2n) is 3.27. The van der Waals surface area contributed by atoms with Crippen molar-refractivity contribution in [1.82, 2.24) is 0 Å². The van der Waals surface area contributed by atoms with Crippen LogP contribution in [0.4, 0.5) is 4.39 Å². The Morgan fingerprint density at radius 1 is 1.12 bits per heavy atom. The van der Waals surface area contributed by atoms with Gasteiger partial charge in [-0.15, -0.1) is 0 Å². The summed E-state index contributed by atoms with van der Waals surface area (Å²) in [6, 6.07) is 15.5. The first-order valence-electron chi connectivity index (χ1n) is 4.70. The summed E-state index contributed by atoms with van der Waals surface area (Å²) < 4.78 is 20.2. The Morgan fingerprint density at radius 3 is 2.31 bits per heavy atom.